The van der Waals surface area contributed by atoms with Gasteiger partial charge in [0.15, 0.2) is 5.78 Å². The molecule has 0 saturated heterocycles. The highest BCUT2D eigenvalue weighted by Crippen LogP contribution is 2.38. The molecule has 0 saturated carbocycles. The number of nitrogens with zero attached hydrogens (tertiary/aromatic N) is 1. The monoisotopic (exact) mass is 716 g/mol. The van der Waals surface area contributed by atoms with Crippen LogP contribution in [0, 0.1) is 5.92 Å². The number of likely N-dealkylation sites (N-methyl/N-ethyl adjacent to an activating group) is 1. The van der Waals surface area contributed by atoms with E-state index in [1.165, 1.54) is 0 Å². The molecule has 9 nitrogen and oxygen atoms in total. The van der Waals surface area contributed by atoms with Gasteiger partial charge in [0.05, 0.1) is 11.1 Å². The van der Waals surface area contributed by atoms with E-state index in [0.29, 0.717) is 63.3 Å². The van der Waals surface area contributed by atoms with Gasteiger partial charge >= 0.3 is 0 Å². The molecule has 5 rings (SSSR count). The lowest BCUT2D eigenvalue weighted by Crippen LogP contribution is -2.52. The second-order valence-electron chi connectivity index (χ2n) is 12.9. The Balaban J connectivity index is 1.58. The number of rotatable bonds is 10. The molecule has 266 valence electrons. The molecule has 3 aromatic carbocycles. The van der Waals surface area contributed by atoms with Crippen molar-refractivity contribution >= 4 is 51.9 Å². The minimum Gasteiger partial charge on any atom is -0.361 e. The van der Waals surface area contributed by atoms with Crippen LogP contribution < -0.4 is 22.1 Å². The second kappa shape index (κ2) is 18.5. The first-order chi connectivity index (χ1) is 24.3. The van der Waals surface area contributed by atoms with E-state index in [4.69, 9.17) is 23.1 Å². The molecule has 2 heterocycles. The van der Waals surface area contributed by atoms with Crippen molar-refractivity contribution in [2.45, 2.75) is 86.8 Å². The summed E-state index contributed by atoms with van der Waals surface area (Å²) in [4.78, 5) is 49.9. The van der Waals surface area contributed by atoms with E-state index < -0.39 is 18.0 Å². The van der Waals surface area contributed by atoms with Crippen molar-refractivity contribution in [2.75, 3.05) is 19.6 Å². The van der Waals surface area contributed by atoms with Crippen LogP contribution in [0.3, 0.4) is 0 Å². The average Bonchev–Trinajstić information content (AvgIpc) is 3.54. The number of aromatic nitrogens is 1. The number of carbonyl (C=O) groups is 3. The molecule has 3 atom stereocenters. The van der Waals surface area contributed by atoms with Gasteiger partial charge in [-0.2, -0.15) is 0 Å². The zero-order chi connectivity index (χ0) is 35.5. The highest BCUT2D eigenvalue weighted by molar-refractivity contribution is 7.99. The first kappa shape index (κ1) is 37.6. The number of ketones is 1. The Labute approximate surface area is 304 Å². The van der Waals surface area contributed by atoms with E-state index in [1.54, 1.807) is 16.7 Å². The number of nitrogens with two attached hydrogens (primary N) is 2. The van der Waals surface area contributed by atoms with Gasteiger partial charge in [-0.15, -0.1) is 0 Å². The van der Waals surface area contributed by atoms with Gasteiger partial charge in [0.25, 0.3) is 0 Å². The fourth-order valence-corrected chi connectivity index (χ4v) is 8.13. The van der Waals surface area contributed by atoms with Gasteiger partial charge in [-0.3, -0.25) is 14.4 Å². The largest absolute Gasteiger partial charge is 0.361 e. The van der Waals surface area contributed by atoms with E-state index in [1.807, 2.05) is 79.9 Å². The quantitative estimate of drug-likeness (QED) is 0.127. The van der Waals surface area contributed by atoms with Crippen molar-refractivity contribution < 1.29 is 14.4 Å². The first-order valence-corrected chi connectivity index (χ1v) is 18.9. The SMILES string of the molecule is CCN1C(=O)[C@H](CCCCN)CC(=O)[C@H](CCCN)NCc2ccccc2Sc2c(Cl)cccc2CNC(=O)[C@@H]1Cc1c[nH]c2ccccc12. The van der Waals surface area contributed by atoms with E-state index in [2.05, 4.69) is 15.6 Å². The molecule has 11 heteroatoms. The number of Topliss-reactive ketones (excluding diaryl/α,β-unsaturated/α-hetero) is 1. The molecular weight excluding hydrogens is 668 g/mol. The van der Waals surface area contributed by atoms with E-state index in [0.717, 1.165) is 43.8 Å². The lowest BCUT2D eigenvalue weighted by Gasteiger charge is -2.33. The molecule has 50 heavy (non-hydrogen) atoms. The number of carbonyl (C=O) groups excluding carboxylic acids is 3. The average molecular weight is 717 g/mol. The molecule has 0 fully saturated rings. The fraction of sp³-hybridized carbons (Fsp3) is 0.410. The summed E-state index contributed by atoms with van der Waals surface area (Å²) >= 11 is 8.35. The zero-order valence-electron chi connectivity index (χ0n) is 28.8. The summed E-state index contributed by atoms with van der Waals surface area (Å²) in [6.07, 6.45) is 5.49. The predicted octanol–water partition coefficient (Wildman–Crippen LogP) is 5.96. The summed E-state index contributed by atoms with van der Waals surface area (Å²) in [7, 11) is 0. The standard InChI is InChI=1S/C39H49ClN6O3S/c1-2-46-34(21-29-25-43-32-16-5-4-14-30(29)32)38(48)45-24-28-13-9-15-31(40)37(28)50-36-18-6-3-12-27(36)23-44-33(17-10-20-42)35(47)22-26(39(46)49)11-7-8-19-41/h3-6,9,12-16,18,25-26,33-34,43-44H,2,7-8,10-11,17,19-24,41-42H2,1H3,(H,45,48)/t26-,33+,34+/m1/s1. The topological polar surface area (TPSA) is 146 Å². The summed E-state index contributed by atoms with van der Waals surface area (Å²) in [5.41, 5.74) is 15.5. The van der Waals surface area contributed by atoms with Crippen molar-refractivity contribution in [2.24, 2.45) is 17.4 Å². The summed E-state index contributed by atoms with van der Waals surface area (Å²) in [6.45, 7) is 3.85. The lowest BCUT2D eigenvalue weighted by atomic mass is 9.90. The van der Waals surface area contributed by atoms with Crippen molar-refractivity contribution in [3.8, 4) is 0 Å². The Morgan fingerprint density at radius 3 is 2.44 bits per heavy atom. The van der Waals surface area contributed by atoms with Crippen LogP contribution in [0.25, 0.3) is 10.9 Å². The van der Waals surface area contributed by atoms with Gasteiger partial charge in [0.2, 0.25) is 11.8 Å². The Bertz CT molecular complexity index is 1760. The van der Waals surface area contributed by atoms with Crippen LogP contribution in [0.4, 0.5) is 0 Å². The van der Waals surface area contributed by atoms with E-state index >= 15 is 0 Å². The Hall–Kier alpha value is -3.67. The number of fused-ring (bicyclic) bond motifs is 3. The molecule has 1 aliphatic heterocycles. The molecule has 4 aromatic rings. The van der Waals surface area contributed by atoms with Gasteiger partial charge in [0.1, 0.15) is 6.04 Å². The maximum absolute atomic E-state index is 14.6. The zero-order valence-corrected chi connectivity index (χ0v) is 30.3. The molecule has 1 aliphatic rings. The number of halogens is 1. The molecule has 0 bridgehead atoms. The third-order valence-electron chi connectivity index (χ3n) is 9.51. The maximum Gasteiger partial charge on any atom is 0.243 e. The maximum atomic E-state index is 14.6. The number of hydrogen-bond donors (Lipinski definition) is 5. The Kier molecular flexibility index (Phi) is 13.9. The number of amides is 2. The Morgan fingerprint density at radius 1 is 0.880 bits per heavy atom. The smallest absolute Gasteiger partial charge is 0.243 e. The number of aromatic amines is 1. The number of para-hydroxylation sites is 1. The highest BCUT2D eigenvalue weighted by Gasteiger charge is 2.35. The number of hydrogen-bond acceptors (Lipinski definition) is 7. The molecule has 0 aliphatic carbocycles. The minimum absolute atomic E-state index is 0.0268. The van der Waals surface area contributed by atoms with Crippen LogP contribution in [0.5, 0.6) is 0 Å². The van der Waals surface area contributed by atoms with Crippen LogP contribution >= 0.6 is 23.4 Å². The van der Waals surface area contributed by atoms with Crippen LogP contribution in [0.1, 0.15) is 62.1 Å². The number of H-pyrrole nitrogens is 1. The lowest BCUT2D eigenvalue weighted by molar-refractivity contribution is -0.145. The minimum atomic E-state index is -0.809. The number of benzene rings is 3. The van der Waals surface area contributed by atoms with Gasteiger partial charge in [-0.25, -0.2) is 0 Å². The van der Waals surface area contributed by atoms with Crippen molar-refractivity contribution in [1.82, 2.24) is 20.5 Å². The summed E-state index contributed by atoms with van der Waals surface area (Å²) < 4.78 is 0. The number of nitrogens with one attached hydrogen (secondary N) is 3. The van der Waals surface area contributed by atoms with Gasteiger partial charge in [0, 0.05) is 65.3 Å². The fourth-order valence-electron chi connectivity index (χ4n) is 6.75. The molecular formula is C39H49ClN6O3S. The van der Waals surface area contributed by atoms with Crippen molar-refractivity contribution in [3.05, 3.63) is 94.6 Å². The molecule has 0 unspecified atom stereocenters. The van der Waals surface area contributed by atoms with Gasteiger partial charge in [-0.05, 0) is 80.6 Å². The molecule has 1 aromatic heterocycles. The van der Waals surface area contributed by atoms with Crippen LogP contribution in [-0.4, -0.2) is 59.2 Å². The van der Waals surface area contributed by atoms with Crippen LogP contribution in [-0.2, 0) is 33.9 Å². The highest BCUT2D eigenvalue weighted by atomic mass is 35.5. The molecule has 2 amide bonds. The molecule has 7 N–H and O–H groups in total. The molecule has 0 radical (unpaired) electrons. The van der Waals surface area contributed by atoms with Gasteiger partial charge in [-0.1, -0.05) is 78.3 Å². The molecule has 0 spiro atoms. The van der Waals surface area contributed by atoms with Crippen molar-refractivity contribution in [1.29, 1.82) is 0 Å². The van der Waals surface area contributed by atoms with Crippen molar-refractivity contribution in [3.63, 3.8) is 0 Å². The normalized spacial score (nSPS) is 19.6. The van der Waals surface area contributed by atoms with Crippen LogP contribution in [0.15, 0.2) is 82.7 Å². The summed E-state index contributed by atoms with van der Waals surface area (Å²) in [6, 6.07) is 20.4. The third-order valence-corrected chi connectivity index (χ3v) is 11.2. The van der Waals surface area contributed by atoms with E-state index in [9.17, 15) is 14.4 Å². The summed E-state index contributed by atoms with van der Waals surface area (Å²) in [5, 5.41) is 8.27. The van der Waals surface area contributed by atoms with E-state index in [-0.39, 0.29) is 30.6 Å². The Morgan fingerprint density at radius 2 is 1.64 bits per heavy atom. The van der Waals surface area contributed by atoms with Gasteiger partial charge < -0.3 is 32.0 Å². The number of unbranched alkanes of at least 4 members (excludes halogenated alkanes) is 1. The predicted molar refractivity (Wildman–Crippen MR) is 202 cm³/mol. The third kappa shape index (κ3) is 9.35. The second-order valence-corrected chi connectivity index (χ2v) is 14.3. The van der Waals surface area contributed by atoms with Crippen LogP contribution in [0.2, 0.25) is 5.02 Å². The first-order valence-electron chi connectivity index (χ1n) is 17.7. The summed E-state index contributed by atoms with van der Waals surface area (Å²) in [5.74, 6) is -1.07.